The summed E-state index contributed by atoms with van der Waals surface area (Å²) in [6.45, 7) is 0.626. The van der Waals surface area contributed by atoms with E-state index in [1.165, 1.54) is 11.3 Å². The average Bonchev–Trinajstić information content (AvgIpc) is 2.90. The molecule has 0 N–H and O–H groups in total. The number of nitrogens with zero attached hydrogens (tertiary/aromatic N) is 1. The molecule has 3 rings (SSSR count). The minimum Gasteiger partial charge on any atom is -0.282 e. The molecule has 82 valence electrons. The quantitative estimate of drug-likeness (QED) is 0.577. The molecule has 2 amide bonds. The first-order valence-electron chi connectivity index (χ1n) is 5.63. The van der Waals surface area contributed by atoms with E-state index in [0.29, 0.717) is 6.54 Å². The third-order valence-electron chi connectivity index (χ3n) is 4.20. The molecule has 3 fully saturated rings. The van der Waals surface area contributed by atoms with Gasteiger partial charge in [-0.1, -0.05) is 6.42 Å². The lowest BCUT2D eigenvalue weighted by molar-refractivity contribution is -0.144. The maximum Gasteiger partial charge on any atom is 0.233 e. The van der Waals surface area contributed by atoms with Crippen molar-refractivity contribution in [3.63, 3.8) is 0 Å². The molecule has 2 unspecified atom stereocenters. The molecule has 0 aromatic rings. The predicted octanol–water partition coefficient (Wildman–Crippen LogP) is 1.09. The molecule has 0 aromatic heterocycles. The van der Waals surface area contributed by atoms with Gasteiger partial charge >= 0.3 is 0 Å². The molecule has 3 aliphatic rings. The number of hydrogen-bond acceptors (Lipinski definition) is 3. The van der Waals surface area contributed by atoms with Crippen LogP contribution in [0.25, 0.3) is 0 Å². The molecular formula is C11H15NO2S. The summed E-state index contributed by atoms with van der Waals surface area (Å²) in [5.74, 6) is 1.06. The molecule has 1 saturated heterocycles. The van der Waals surface area contributed by atoms with Crippen molar-refractivity contribution in [2.24, 2.45) is 17.3 Å². The lowest BCUT2D eigenvalue weighted by Gasteiger charge is -2.43. The van der Waals surface area contributed by atoms with E-state index in [1.807, 2.05) is 0 Å². The van der Waals surface area contributed by atoms with Crippen LogP contribution in [0.2, 0.25) is 0 Å². The Morgan fingerprint density at radius 3 is 2.27 bits per heavy atom. The highest BCUT2D eigenvalue weighted by atomic mass is 32.1. The number of hydrogen-bond donors (Lipinski definition) is 1. The summed E-state index contributed by atoms with van der Waals surface area (Å²) in [4.78, 5) is 25.1. The van der Waals surface area contributed by atoms with Crippen molar-refractivity contribution >= 4 is 24.4 Å². The third-order valence-corrected chi connectivity index (χ3v) is 4.87. The van der Waals surface area contributed by atoms with Gasteiger partial charge in [0.1, 0.15) is 0 Å². The molecule has 1 heterocycles. The Kier molecular flexibility index (Phi) is 1.94. The maximum absolute atomic E-state index is 11.8. The average molecular weight is 225 g/mol. The van der Waals surface area contributed by atoms with Gasteiger partial charge in [-0.2, -0.15) is 12.6 Å². The van der Waals surface area contributed by atoms with E-state index in [9.17, 15) is 9.59 Å². The molecule has 2 saturated carbocycles. The SMILES string of the molecule is O=C1C2CC2C(=O)N1CC1(CS)CCC1. The number of imide groups is 1. The Labute approximate surface area is 94.6 Å². The third kappa shape index (κ3) is 1.27. The number of piperidine rings is 1. The van der Waals surface area contributed by atoms with Gasteiger partial charge in [0.05, 0.1) is 11.8 Å². The fraction of sp³-hybridized carbons (Fsp3) is 0.818. The lowest BCUT2D eigenvalue weighted by atomic mass is 9.70. The number of amides is 2. The van der Waals surface area contributed by atoms with E-state index in [1.54, 1.807) is 0 Å². The van der Waals surface area contributed by atoms with Crippen molar-refractivity contribution < 1.29 is 9.59 Å². The molecule has 2 aliphatic carbocycles. The highest BCUT2D eigenvalue weighted by Crippen LogP contribution is 2.50. The second-order valence-electron chi connectivity index (χ2n) is 5.22. The highest BCUT2D eigenvalue weighted by molar-refractivity contribution is 7.80. The van der Waals surface area contributed by atoms with Crippen LogP contribution >= 0.6 is 12.6 Å². The summed E-state index contributed by atoms with van der Waals surface area (Å²) in [5.41, 5.74) is 0.144. The van der Waals surface area contributed by atoms with Crippen LogP contribution in [0.15, 0.2) is 0 Å². The van der Waals surface area contributed by atoms with Crippen LogP contribution in [0.3, 0.4) is 0 Å². The maximum atomic E-state index is 11.8. The van der Waals surface area contributed by atoms with Crippen molar-refractivity contribution in [3.05, 3.63) is 0 Å². The molecule has 0 aromatic carbocycles. The molecule has 3 nitrogen and oxygen atoms in total. The summed E-state index contributed by atoms with van der Waals surface area (Å²) < 4.78 is 0. The Hall–Kier alpha value is -0.510. The van der Waals surface area contributed by atoms with E-state index >= 15 is 0 Å². The number of likely N-dealkylation sites (tertiary alicyclic amines) is 1. The molecule has 1 aliphatic heterocycles. The number of rotatable bonds is 3. The largest absolute Gasteiger partial charge is 0.282 e. The highest BCUT2D eigenvalue weighted by Gasteiger charge is 2.60. The smallest absolute Gasteiger partial charge is 0.233 e. The lowest BCUT2D eigenvalue weighted by Crippen LogP contribution is -2.47. The van der Waals surface area contributed by atoms with Crippen LogP contribution < -0.4 is 0 Å². The van der Waals surface area contributed by atoms with Crippen molar-refractivity contribution in [1.82, 2.24) is 4.90 Å². The van der Waals surface area contributed by atoms with Gasteiger partial charge in [-0.25, -0.2) is 0 Å². The van der Waals surface area contributed by atoms with Gasteiger partial charge in [-0.15, -0.1) is 0 Å². The number of fused-ring (bicyclic) bond motifs is 1. The molecular weight excluding hydrogens is 210 g/mol. The summed E-state index contributed by atoms with van der Waals surface area (Å²) in [7, 11) is 0. The van der Waals surface area contributed by atoms with Gasteiger partial charge in [-0.05, 0) is 30.4 Å². The number of thiol groups is 1. The topological polar surface area (TPSA) is 37.4 Å². The fourth-order valence-corrected chi connectivity index (χ4v) is 3.20. The van der Waals surface area contributed by atoms with Crippen LogP contribution in [0.1, 0.15) is 25.7 Å². The summed E-state index contributed by atoms with van der Waals surface area (Å²) in [6.07, 6.45) is 4.25. The molecule has 2 atom stereocenters. The van der Waals surface area contributed by atoms with Crippen molar-refractivity contribution in [2.45, 2.75) is 25.7 Å². The first-order chi connectivity index (χ1) is 7.17. The summed E-state index contributed by atoms with van der Waals surface area (Å²) in [6, 6.07) is 0. The normalized spacial score (nSPS) is 36.5. The number of carbonyl (C=O) groups excluding carboxylic acids is 2. The minimum atomic E-state index is 0.0505. The first-order valence-corrected chi connectivity index (χ1v) is 6.26. The predicted molar refractivity (Wildman–Crippen MR) is 58.5 cm³/mol. The van der Waals surface area contributed by atoms with Crippen LogP contribution in [-0.2, 0) is 9.59 Å². The molecule has 0 spiro atoms. The number of carbonyl (C=O) groups is 2. The Morgan fingerprint density at radius 1 is 1.27 bits per heavy atom. The van der Waals surface area contributed by atoms with Crippen LogP contribution in [0, 0.1) is 17.3 Å². The minimum absolute atomic E-state index is 0.0505. The van der Waals surface area contributed by atoms with Crippen molar-refractivity contribution in [2.75, 3.05) is 12.3 Å². The van der Waals surface area contributed by atoms with Gasteiger partial charge in [-0.3, -0.25) is 14.5 Å². The molecule has 15 heavy (non-hydrogen) atoms. The summed E-state index contributed by atoms with van der Waals surface area (Å²) >= 11 is 4.35. The Bertz CT molecular complexity index is 312. The fourth-order valence-electron chi connectivity index (χ4n) is 2.78. The Morgan fingerprint density at radius 2 is 1.87 bits per heavy atom. The Balaban J connectivity index is 1.73. The molecule has 0 radical (unpaired) electrons. The first kappa shape index (κ1) is 9.70. The zero-order valence-electron chi connectivity index (χ0n) is 8.61. The second kappa shape index (κ2) is 3.00. The zero-order chi connectivity index (χ0) is 10.6. The molecule has 4 heteroatoms. The van der Waals surface area contributed by atoms with E-state index in [4.69, 9.17) is 0 Å². The van der Waals surface area contributed by atoms with Crippen LogP contribution in [0.5, 0.6) is 0 Å². The summed E-state index contributed by atoms with van der Waals surface area (Å²) in [5, 5.41) is 0. The monoisotopic (exact) mass is 225 g/mol. The zero-order valence-corrected chi connectivity index (χ0v) is 9.50. The van der Waals surface area contributed by atoms with Gasteiger partial charge in [0, 0.05) is 6.54 Å². The van der Waals surface area contributed by atoms with E-state index in [-0.39, 0.29) is 29.1 Å². The van der Waals surface area contributed by atoms with E-state index in [0.717, 1.165) is 25.0 Å². The van der Waals surface area contributed by atoms with E-state index < -0.39 is 0 Å². The second-order valence-corrected chi connectivity index (χ2v) is 5.54. The van der Waals surface area contributed by atoms with Gasteiger partial charge in [0.15, 0.2) is 0 Å². The van der Waals surface area contributed by atoms with Crippen LogP contribution in [0.4, 0.5) is 0 Å². The van der Waals surface area contributed by atoms with Crippen LogP contribution in [-0.4, -0.2) is 29.0 Å². The van der Waals surface area contributed by atoms with E-state index in [2.05, 4.69) is 12.6 Å². The van der Waals surface area contributed by atoms with Gasteiger partial charge in [0.2, 0.25) is 11.8 Å². The molecule has 0 bridgehead atoms. The van der Waals surface area contributed by atoms with Crippen molar-refractivity contribution in [1.29, 1.82) is 0 Å². The van der Waals surface area contributed by atoms with Crippen molar-refractivity contribution in [3.8, 4) is 0 Å². The van der Waals surface area contributed by atoms with Gasteiger partial charge in [0.25, 0.3) is 0 Å². The van der Waals surface area contributed by atoms with Gasteiger partial charge < -0.3 is 0 Å². The standard InChI is InChI=1S/C11H15NO2S/c13-9-7-4-8(7)10(14)12(9)5-11(6-15)2-1-3-11/h7-8,15H,1-6H2.